The van der Waals surface area contributed by atoms with Crippen LogP contribution in [-0.2, 0) is 23.2 Å². The van der Waals surface area contributed by atoms with Gasteiger partial charge in [0.2, 0.25) is 5.91 Å². The molecule has 1 saturated heterocycles. The molecule has 36 heavy (non-hydrogen) atoms. The van der Waals surface area contributed by atoms with Crippen LogP contribution in [0.25, 0.3) is 11.0 Å². The Morgan fingerprint density at radius 2 is 1.78 bits per heavy atom. The van der Waals surface area contributed by atoms with Crippen LogP contribution < -0.4 is 5.32 Å². The Bertz CT molecular complexity index is 1150. The number of aliphatic hydroxyl groups excluding tert-OH is 1. The first kappa shape index (κ1) is 25.0. The van der Waals surface area contributed by atoms with Crippen molar-refractivity contribution in [1.29, 1.82) is 0 Å². The summed E-state index contributed by atoms with van der Waals surface area (Å²) in [6, 6.07) is 18.9. The average Bonchev–Trinajstić information content (AvgIpc) is 3.51. The van der Waals surface area contributed by atoms with E-state index in [9.17, 15) is 9.90 Å². The minimum absolute atomic E-state index is 0.0201. The largest absolute Gasteiger partial charge is 0.391 e. The van der Waals surface area contributed by atoms with Gasteiger partial charge in [-0.05, 0) is 75.7 Å². The van der Waals surface area contributed by atoms with Crippen LogP contribution in [0.5, 0.6) is 0 Å². The fourth-order valence-electron chi connectivity index (χ4n) is 6.40. The Balaban J connectivity index is 1.34. The van der Waals surface area contributed by atoms with Gasteiger partial charge in [-0.3, -0.25) is 9.69 Å². The molecule has 6 heteroatoms. The molecule has 3 atom stereocenters. The third kappa shape index (κ3) is 5.21. The van der Waals surface area contributed by atoms with Gasteiger partial charge in [-0.1, -0.05) is 49.4 Å². The lowest BCUT2D eigenvalue weighted by Crippen LogP contribution is -2.42. The topological polar surface area (TPSA) is 70.4 Å². The number of likely N-dealkylation sites (tertiary alicyclic amines) is 1. The molecule has 0 unspecified atom stereocenters. The number of aliphatic hydroxyl groups is 1. The maximum absolute atomic E-state index is 13.3. The fraction of sp³-hybridized carbons (Fsp3) is 0.533. The molecule has 0 bridgehead atoms. The molecular weight excluding hydrogens is 448 g/mol. The number of hydrogen-bond acceptors (Lipinski definition) is 4. The lowest BCUT2D eigenvalue weighted by Gasteiger charge is -2.34. The van der Waals surface area contributed by atoms with E-state index >= 15 is 0 Å². The van der Waals surface area contributed by atoms with Crippen molar-refractivity contribution < 1.29 is 9.90 Å². The number of imidazole rings is 1. The summed E-state index contributed by atoms with van der Waals surface area (Å²) in [5.41, 5.74) is 3.05. The van der Waals surface area contributed by atoms with Gasteiger partial charge in [0.05, 0.1) is 17.1 Å². The number of benzene rings is 2. The molecule has 1 saturated carbocycles. The van der Waals surface area contributed by atoms with Crippen molar-refractivity contribution in [2.24, 2.45) is 0 Å². The van der Waals surface area contributed by atoms with Crippen molar-refractivity contribution in [3.05, 3.63) is 66.0 Å². The predicted molar refractivity (Wildman–Crippen MR) is 144 cm³/mol. The number of carbonyl (C=O) groups is 1. The summed E-state index contributed by atoms with van der Waals surface area (Å²) in [5.74, 6) is 0.990. The van der Waals surface area contributed by atoms with Gasteiger partial charge in [0.1, 0.15) is 12.4 Å². The van der Waals surface area contributed by atoms with E-state index in [-0.39, 0.29) is 30.0 Å². The molecule has 1 aliphatic carbocycles. The highest BCUT2D eigenvalue weighted by Crippen LogP contribution is 2.39. The number of rotatable bonds is 8. The first-order chi connectivity index (χ1) is 17.6. The van der Waals surface area contributed by atoms with Crippen molar-refractivity contribution in [1.82, 2.24) is 19.8 Å². The number of para-hydroxylation sites is 2. The van der Waals surface area contributed by atoms with Gasteiger partial charge in [-0.15, -0.1) is 0 Å². The predicted octanol–water partition coefficient (Wildman–Crippen LogP) is 4.44. The lowest BCUT2D eigenvalue weighted by atomic mass is 9.74. The van der Waals surface area contributed by atoms with E-state index in [1.165, 1.54) is 18.4 Å². The molecule has 5 rings (SSSR count). The smallest absolute Gasteiger partial charge is 0.240 e. The van der Waals surface area contributed by atoms with E-state index in [0.29, 0.717) is 6.54 Å². The van der Waals surface area contributed by atoms with Crippen LogP contribution in [0.1, 0.15) is 63.3 Å². The van der Waals surface area contributed by atoms with Crippen LogP contribution in [0, 0.1) is 0 Å². The molecule has 1 aliphatic heterocycles. The zero-order valence-corrected chi connectivity index (χ0v) is 21.5. The van der Waals surface area contributed by atoms with Crippen LogP contribution in [0.2, 0.25) is 0 Å². The van der Waals surface area contributed by atoms with E-state index < -0.39 is 0 Å². The molecule has 1 amide bonds. The molecule has 6 nitrogen and oxygen atoms in total. The average molecular weight is 489 g/mol. The standard InChI is InChI=1S/C30H40N4O2/c1-2-10-28-32-24-13-6-7-14-25(24)34(28)21-29(36)31-22-30(23-11-4-3-5-12-23)17-15-26(27(35)16-18-30)33-19-8-9-20-33/h3-7,11-14,26-27,35H,2,8-10,15-22H2,1H3,(H,31,36)/t26-,27-,30-/m0/s1. The Hall–Kier alpha value is -2.70. The summed E-state index contributed by atoms with van der Waals surface area (Å²) in [5, 5.41) is 14.4. The summed E-state index contributed by atoms with van der Waals surface area (Å²) in [6.45, 7) is 5.19. The quantitative estimate of drug-likeness (QED) is 0.460. The summed E-state index contributed by atoms with van der Waals surface area (Å²) >= 11 is 0. The van der Waals surface area contributed by atoms with Crippen molar-refractivity contribution >= 4 is 16.9 Å². The van der Waals surface area contributed by atoms with Gasteiger partial charge >= 0.3 is 0 Å². The number of carbonyl (C=O) groups excluding carboxylic acids is 1. The monoisotopic (exact) mass is 488 g/mol. The first-order valence-electron chi connectivity index (χ1n) is 13.8. The Labute approximate surface area is 214 Å². The second-order valence-corrected chi connectivity index (χ2v) is 10.7. The molecule has 0 spiro atoms. The highest BCUT2D eigenvalue weighted by atomic mass is 16.3. The van der Waals surface area contributed by atoms with Crippen molar-refractivity contribution in [2.75, 3.05) is 19.6 Å². The Morgan fingerprint density at radius 3 is 2.56 bits per heavy atom. The van der Waals surface area contributed by atoms with Gasteiger partial charge in [0.15, 0.2) is 0 Å². The molecule has 2 aliphatic rings. The zero-order valence-electron chi connectivity index (χ0n) is 21.5. The van der Waals surface area contributed by atoms with Gasteiger partial charge in [-0.25, -0.2) is 4.98 Å². The molecular formula is C30H40N4O2. The van der Waals surface area contributed by atoms with Crippen LogP contribution in [0.3, 0.4) is 0 Å². The highest BCUT2D eigenvalue weighted by molar-refractivity contribution is 5.81. The molecule has 2 heterocycles. The normalized spacial score (nSPS) is 25.2. The van der Waals surface area contributed by atoms with E-state index in [4.69, 9.17) is 4.98 Å². The van der Waals surface area contributed by atoms with Crippen molar-refractivity contribution in [2.45, 2.75) is 82.4 Å². The highest BCUT2D eigenvalue weighted by Gasteiger charge is 2.40. The molecule has 2 N–H and O–H groups in total. The fourth-order valence-corrected chi connectivity index (χ4v) is 6.40. The zero-order chi connectivity index (χ0) is 25.0. The third-order valence-corrected chi connectivity index (χ3v) is 8.41. The number of nitrogens with one attached hydrogen (secondary N) is 1. The molecule has 2 aromatic carbocycles. The van der Waals surface area contributed by atoms with Crippen LogP contribution in [-0.4, -0.2) is 57.2 Å². The lowest BCUT2D eigenvalue weighted by molar-refractivity contribution is -0.122. The Kier molecular flexibility index (Phi) is 7.73. The van der Waals surface area contributed by atoms with Gasteiger partial charge in [0, 0.05) is 24.4 Å². The van der Waals surface area contributed by atoms with E-state index in [2.05, 4.69) is 46.0 Å². The van der Waals surface area contributed by atoms with Gasteiger partial charge in [-0.2, -0.15) is 0 Å². The number of fused-ring (bicyclic) bond motifs is 1. The SMILES string of the molecule is CCCc1nc2ccccc2n1CC(=O)NC[C@@]1(c2ccccc2)CC[C@H](O)[C@@H](N2CCCC2)CC1. The second-order valence-electron chi connectivity index (χ2n) is 10.7. The summed E-state index contributed by atoms with van der Waals surface area (Å²) in [7, 11) is 0. The number of aromatic nitrogens is 2. The summed E-state index contributed by atoms with van der Waals surface area (Å²) in [4.78, 5) is 20.6. The van der Waals surface area contributed by atoms with Gasteiger partial charge in [0.25, 0.3) is 0 Å². The van der Waals surface area contributed by atoms with E-state index in [0.717, 1.165) is 68.5 Å². The van der Waals surface area contributed by atoms with E-state index in [1.54, 1.807) is 0 Å². The minimum atomic E-state index is -0.307. The third-order valence-electron chi connectivity index (χ3n) is 8.41. The number of hydrogen-bond donors (Lipinski definition) is 2. The molecule has 3 aromatic rings. The van der Waals surface area contributed by atoms with Crippen LogP contribution in [0.4, 0.5) is 0 Å². The van der Waals surface area contributed by atoms with Crippen molar-refractivity contribution in [3.63, 3.8) is 0 Å². The van der Waals surface area contributed by atoms with Gasteiger partial charge < -0.3 is 15.0 Å². The van der Waals surface area contributed by atoms with Crippen LogP contribution in [0.15, 0.2) is 54.6 Å². The molecule has 2 fully saturated rings. The maximum Gasteiger partial charge on any atom is 0.240 e. The van der Waals surface area contributed by atoms with Crippen molar-refractivity contribution in [3.8, 4) is 0 Å². The Morgan fingerprint density at radius 1 is 1.06 bits per heavy atom. The summed E-state index contributed by atoms with van der Waals surface area (Å²) < 4.78 is 2.07. The number of amides is 1. The number of nitrogens with zero attached hydrogens (tertiary/aromatic N) is 3. The molecule has 1 aromatic heterocycles. The minimum Gasteiger partial charge on any atom is -0.391 e. The molecule has 0 radical (unpaired) electrons. The molecule has 192 valence electrons. The second kappa shape index (κ2) is 11.1. The van der Waals surface area contributed by atoms with E-state index in [1.807, 2.05) is 30.3 Å². The summed E-state index contributed by atoms with van der Waals surface area (Å²) in [6.07, 6.45) is 7.55. The number of aryl methyl sites for hydroxylation is 1. The first-order valence-corrected chi connectivity index (χ1v) is 13.8. The maximum atomic E-state index is 13.3. The van der Waals surface area contributed by atoms with Crippen LogP contribution >= 0.6 is 0 Å².